The van der Waals surface area contributed by atoms with E-state index < -0.39 is 30.3 Å². The quantitative estimate of drug-likeness (QED) is 0.253. The first kappa shape index (κ1) is 28.8. The zero-order valence-electron chi connectivity index (χ0n) is 20.4. The van der Waals surface area contributed by atoms with Crippen LogP contribution in [0.25, 0.3) is 0 Å². The van der Waals surface area contributed by atoms with Crippen molar-refractivity contribution in [1.82, 2.24) is 10.6 Å². The zero-order valence-corrected chi connectivity index (χ0v) is 20.4. The topological polar surface area (TPSA) is 128 Å². The van der Waals surface area contributed by atoms with Crippen molar-refractivity contribution in [1.29, 1.82) is 0 Å². The SMILES string of the molecule is CC(=O)NC1C(OCCCCC(=O)NCCCCCCC(C)(C)C)CC(CO)C(O)C1O. The van der Waals surface area contributed by atoms with Gasteiger partial charge < -0.3 is 30.7 Å². The van der Waals surface area contributed by atoms with Crippen molar-refractivity contribution >= 4 is 11.8 Å². The fraction of sp³-hybridized carbons (Fsp3) is 0.917. The highest BCUT2D eigenvalue weighted by atomic mass is 16.5. The van der Waals surface area contributed by atoms with E-state index in [2.05, 4.69) is 31.4 Å². The Bertz CT molecular complexity index is 551. The van der Waals surface area contributed by atoms with Gasteiger partial charge in [-0.15, -0.1) is 0 Å². The fourth-order valence-corrected chi connectivity index (χ4v) is 4.14. The summed E-state index contributed by atoms with van der Waals surface area (Å²) in [7, 11) is 0. The van der Waals surface area contributed by atoms with Gasteiger partial charge in [0.2, 0.25) is 11.8 Å². The van der Waals surface area contributed by atoms with E-state index >= 15 is 0 Å². The monoisotopic (exact) mass is 458 g/mol. The molecule has 0 heterocycles. The van der Waals surface area contributed by atoms with Crippen LogP contribution in [0.15, 0.2) is 0 Å². The minimum atomic E-state index is -1.20. The van der Waals surface area contributed by atoms with Crippen LogP contribution in [-0.2, 0) is 14.3 Å². The number of rotatable bonds is 14. The molecule has 5 atom stereocenters. The Balaban J connectivity index is 2.19. The van der Waals surface area contributed by atoms with Crippen LogP contribution >= 0.6 is 0 Å². The summed E-state index contributed by atoms with van der Waals surface area (Å²) >= 11 is 0. The summed E-state index contributed by atoms with van der Waals surface area (Å²) in [5.41, 5.74) is 0.390. The average molecular weight is 459 g/mol. The van der Waals surface area contributed by atoms with Gasteiger partial charge in [-0.05, 0) is 37.5 Å². The molecule has 0 aromatic heterocycles. The van der Waals surface area contributed by atoms with Crippen LogP contribution in [0.4, 0.5) is 0 Å². The Hall–Kier alpha value is -1.22. The van der Waals surface area contributed by atoms with Gasteiger partial charge in [0.1, 0.15) is 6.10 Å². The predicted molar refractivity (Wildman–Crippen MR) is 124 cm³/mol. The molecule has 1 aliphatic carbocycles. The van der Waals surface area contributed by atoms with Crippen molar-refractivity contribution in [2.24, 2.45) is 11.3 Å². The van der Waals surface area contributed by atoms with Crippen LogP contribution in [0.5, 0.6) is 0 Å². The summed E-state index contributed by atoms with van der Waals surface area (Å²) in [5, 5.41) is 35.5. The normalized spacial score (nSPS) is 26.0. The highest BCUT2D eigenvalue weighted by molar-refractivity contribution is 5.75. The third-order valence-electron chi connectivity index (χ3n) is 6.05. The van der Waals surface area contributed by atoms with E-state index in [1.54, 1.807) is 0 Å². The number of hydrogen-bond acceptors (Lipinski definition) is 6. The van der Waals surface area contributed by atoms with Crippen molar-refractivity contribution in [3.8, 4) is 0 Å². The van der Waals surface area contributed by atoms with Gasteiger partial charge in [-0.25, -0.2) is 0 Å². The first-order valence-electron chi connectivity index (χ1n) is 12.2. The Kier molecular flexibility index (Phi) is 13.4. The van der Waals surface area contributed by atoms with E-state index in [-0.39, 0.29) is 18.4 Å². The molecule has 1 rings (SSSR count). The second-order valence-electron chi connectivity index (χ2n) is 10.3. The molecule has 0 spiro atoms. The number of nitrogens with one attached hydrogen (secondary N) is 2. The van der Waals surface area contributed by atoms with Gasteiger partial charge in [0.25, 0.3) is 0 Å². The second kappa shape index (κ2) is 14.8. The van der Waals surface area contributed by atoms with Crippen molar-refractivity contribution in [3.05, 3.63) is 0 Å². The van der Waals surface area contributed by atoms with Gasteiger partial charge in [-0.1, -0.05) is 40.0 Å². The lowest BCUT2D eigenvalue weighted by atomic mass is 9.79. The van der Waals surface area contributed by atoms with E-state index in [1.165, 1.54) is 26.2 Å². The van der Waals surface area contributed by atoms with Crippen molar-refractivity contribution in [3.63, 3.8) is 0 Å². The summed E-state index contributed by atoms with van der Waals surface area (Å²) in [6.45, 7) is 8.95. The minimum Gasteiger partial charge on any atom is -0.396 e. The molecule has 0 radical (unpaired) electrons. The van der Waals surface area contributed by atoms with Gasteiger partial charge in [0.15, 0.2) is 0 Å². The molecule has 2 amide bonds. The third kappa shape index (κ3) is 11.6. The molecule has 188 valence electrons. The van der Waals surface area contributed by atoms with Gasteiger partial charge in [-0.3, -0.25) is 9.59 Å². The number of carbonyl (C=O) groups is 2. The molecule has 1 aliphatic rings. The van der Waals surface area contributed by atoms with Crippen molar-refractivity contribution in [2.45, 2.75) is 110 Å². The molecule has 5 unspecified atom stereocenters. The summed E-state index contributed by atoms with van der Waals surface area (Å²) in [5.74, 6) is -0.769. The lowest BCUT2D eigenvalue weighted by Gasteiger charge is -2.42. The number of amides is 2. The summed E-state index contributed by atoms with van der Waals surface area (Å²) in [6.07, 6.45) is 5.13. The number of aliphatic hydroxyl groups is 3. The Labute approximate surface area is 193 Å². The van der Waals surface area contributed by atoms with Gasteiger partial charge in [-0.2, -0.15) is 0 Å². The van der Waals surface area contributed by atoms with Gasteiger partial charge >= 0.3 is 0 Å². The highest BCUT2D eigenvalue weighted by Crippen LogP contribution is 2.28. The zero-order chi connectivity index (χ0) is 24.1. The Morgan fingerprint density at radius 3 is 2.31 bits per heavy atom. The number of aliphatic hydroxyl groups excluding tert-OH is 3. The Morgan fingerprint density at radius 2 is 1.69 bits per heavy atom. The van der Waals surface area contributed by atoms with Crippen LogP contribution in [0, 0.1) is 11.3 Å². The lowest BCUT2D eigenvalue weighted by Crippen LogP contribution is -2.61. The van der Waals surface area contributed by atoms with Crippen LogP contribution < -0.4 is 10.6 Å². The molecule has 8 nitrogen and oxygen atoms in total. The maximum atomic E-state index is 12.0. The fourth-order valence-electron chi connectivity index (χ4n) is 4.14. The average Bonchev–Trinajstić information content (AvgIpc) is 2.70. The molecule has 0 saturated heterocycles. The van der Waals surface area contributed by atoms with Crippen LogP contribution in [0.2, 0.25) is 0 Å². The van der Waals surface area contributed by atoms with E-state index in [0.717, 1.165) is 12.8 Å². The second-order valence-corrected chi connectivity index (χ2v) is 10.3. The van der Waals surface area contributed by atoms with Crippen LogP contribution in [0.1, 0.15) is 85.5 Å². The molecule has 1 fully saturated rings. The van der Waals surface area contributed by atoms with Crippen molar-refractivity contribution < 1.29 is 29.6 Å². The molecule has 0 bridgehead atoms. The molecule has 32 heavy (non-hydrogen) atoms. The van der Waals surface area contributed by atoms with Crippen molar-refractivity contribution in [2.75, 3.05) is 19.8 Å². The summed E-state index contributed by atoms with van der Waals surface area (Å²) in [4.78, 5) is 23.4. The molecule has 0 aromatic rings. The van der Waals surface area contributed by atoms with Crippen LogP contribution in [0.3, 0.4) is 0 Å². The van der Waals surface area contributed by atoms with Gasteiger partial charge in [0.05, 0.1) is 18.2 Å². The standard InChI is InChI=1S/C24H46N2O6/c1-17(28)26-21-19(15-18(16-27)22(30)23(21)31)32-14-10-7-11-20(29)25-13-9-6-5-8-12-24(2,3)4/h18-19,21-23,27,30-31H,5-16H2,1-4H3,(H,25,29)(H,26,28). The summed E-state index contributed by atoms with van der Waals surface area (Å²) in [6, 6.07) is -0.725. The number of hydrogen-bond donors (Lipinski definition) is 5. The van der Waals surface area contributed by atoms with Gasteiger partial charge in [0, 0.05) is 39.0 Å². The predicted octanol–water partition coefficient (Wildman–Crippen LogP) is 1.89. The molecular formula is C24H46N2O6. The smallest absolute Gasteiger partial charge is 0.219 e. The Morgan fingerprint density at radius 1 is 1.00 bits per heavy atom. The molecular weight excluding hydrogens is 412 g/mol. The number of unbranched alkanes of at least 4 members (excludes halogenated alkanes) is 4. The van der Waals surface area contributed by atoms with E-state index in [1.807, 2.05) is 0 Å². The number of carbonyl (C=O) groups excluding carboxylic acids is 2. The van der Waals surface area contributed by atoms with Crippen LogP contribution in [-0.4, -0.2) is 71.2 Å². The summed E-state index contributed by atoms with van der Waals surface area (Å²) < 4.78 is 5.86. The first-order valence-corrected chi connectivity index (χ1v) is 12.2. The number of ether oxygens (including phenoxy) is 1. The highest BCUT2D eigenvalue weighted by Gasteiger charge is 2.44. The molecule has 5 N–H and O–H groups in total. The van der Waals surface area contributed by atoms with E-state index in [4.69, 9.17) is 4.74 Å². The third-order valence-corrected chi connectivity index (χ3v) is 6.05. The lowest BCUT2D eigenvalue weighted by molar-refractivity contribution is -0.142. The molecule has 8 heteroatoms. The molecule has 1 saturated carbocycles. The maximum Gasteiger partial charge on any atom is 0.219 e. The van der Waals surface area contributed by atoms with E-state index in [9.17, 15) is 24.9 Å². The largest absolute Gasteiger partial charge is 0.396 e. The minimum absolute atomic E-state index is 0.0485. The van der Waals surface area contributed by atoms with E-state index in [0.29, 0.717) is 44.2 Å². The molecule has 0 aromatic carbocycles. The molecule has 0 aliphatic heterocycles. The maximum absolute atomic E-state index is 12.0. The first-order chi connectivity index (χ1) is 15.0.